The minimum Gasteiger partial charge on any atom is -0.353 e. The molecule has 104 valence electrons. The van der Waals surface area contributed by atoms with Gasteiger partial charge in [-0.15, -0.1) is 0 Å². The lowest BCUT2D eigenvalue weighted by Crippen LogP contribution is -2.45. The van der Waals surface area contributed by atoms with E-state index in [9.17, 15) is 4.79 Å². The summed E-state index contributed by atoms with van der Waals surface area (Å²) in [5.41, 5.74) is 1.50. The number of likely N-dealkylation sites (N-methyl/N-ethyl adjacent to an activating group) is 1. The molecule has 3 rings (SSSR count). The zero-order valence-corrected chi connectivity index (χ0v) is 12.1. The maximum absolute atomic E-state index is 11.4. The van der Waals surface area contributed by atoms with E-state index in [4.69, 9.17) is 11.6 Å². The van der Waals surface area contributed by atoms with Crippen molar-refractivity contribution < 1.29 is 4.79 Å². The second-order valence-corrected chi connectivity index (χ2v) is 5.58. The fourth-order valence-electron chi connectivity index (χ4n) is 2.51. The van der Waals surface area contributed by atoms with Gasteiger partial charge in [0.05, 0.1) is 11.1 Å². The van der Waals surface area contributed by atoms with Crippen molar-refractivity contribution in [2.45, 2.75) is 0 Å². The number of aldehydes is 1. The zero-order chi connectivity index (χ0) is 14.1. The first-order valence-electron chi connectivity index (χ1n) is 6.66. The Balaban J connectivity index is 2.05. The number of piperazine rings is 1. The topological polar surface area (TPSA) is 36.4 Å². The Bertz CT molecular complexity index is 651. The first-order valence-corrected chi connectivity index (χ1v) is 7.04. The van der Waals surface area contributed by atoms with Crippen LogP contribution in [0.15, 0.2) is 24.3 Å². The van der Waals surface area contributed by atoms with Crippen LogP contribution in [-0.2, 0) is 0 Å². The molecule has 0 aliphatic carbocycles. The number of pyridine rings is 1. The van der Waals surface area contributed by atoms with Crippen LogP contribution in [0.3, 0.4) is 0 Å². The van der Waals surface area contributed by atoms with Gasteiger partial charge in [-0.1, -0.05) is 11.6 Å². The minimum atomic E-state index is 0.629. The predicted octanol–water partition coefficient (Wildman–Crippen LogP) is 2.45. The Morgan fingerprint density at radius 1 is 1.20 bits per heavy atom. The standard InChI is InChI=1S/C15H16ClN3O/c1-18-4-6-19(7-5-18)15-12(10-20)8-11-9-13(16)2-3-14(11)17-15/h2-3,8-10H,4-7H2,1H3. The van der Waals surface area contributed by atoms with Crippen molar-refractivity contribution in [2.24, 2.45) is 0 Å². The largest absolute Gasteiger partial charge is 0.353 e. The van der Waals surface area contributed by atoms with Gasteiger partial charge >= 0.3 is 0 Å². The molecule has 0 unspecified atom stereocenters. The fraction of sp³-hybridized carbons (Fsp3) is 0.333. The highest BCUT2D eigenvalue weighted by molar-refractivity contribution is 6.31. The van der Waals surface area contributed by atoms with Crippen LogP contribution in [-0.4, -0.2) is 49.4 Å². The third-order valence-corrected chi connectivity index (χ3v) is 3.95. The second kappa shape index (κ2) is 5.38. The Hall–Kier alpha value is -1.65. The highest BCUT2D eigenvalue weighted by atomic mass is 35.5. The Morgan fingerprint density at radius 3 is 2.65 bits per heavy atom. The Labute approximate surface area is 123 Å². The Morgan fingerprint density at radius 2 is 1.95 bits per heavy atom. The van der Waals surface area contributed by atoms with Gasteiger partial charge in [0, 0.05) is 36.6 Å². The van der Waals surface area contributed by atoms with Gasteiger partial charge in [0.15, 0.2) is 6.29 Å². The van der Waals surface area contributed by atoms with Gasteiger partial charge in [-0.3, -0.25) is 4.79 Å². The maximum Gasteiger partial charge on any atom is 0.153 e. The van der Waals surface area contributed by atoms with E-state index in [1.54, 1.807) is 0 Å². The first kappa shape index (κ1) is 13.3. The molecule has 0 amide bonds. The van der Waals surface area contributed by atoms with Crippen LogP contribution >= 0.6 is 11.6 Å². The molecule has 0 atom stereocenters. The third kappa shape index (κ3) is 2.49. The molecule has 5 heteroatoms. The van der Waals surface area contributed by atoms with Crippen molar-refractivity contribution in [3.63, 3.8) is 0 Å². The predicted molar refractivity (Wildman–Crippen MR) is 81.9 cm³/mol. The maximum atomic E-state index is 11.4. The van der Waals surface area contributed by atoms with E-state index in [1.165, 1.54) is 0 Å². The molecule has 0 spiro atoms. The lowest BCUT2D eigenvalue weighted by Gasteiger charge is -2.33. The molecule has 0 saturated carbocycles. The Kier molecular flexibility index (Phi) is 3.59. The SMILES string of the molecule is CN1CCN(c2nc3ccc(Cl)cc3cc2C=O)CC1. The van der Waals surface area contributed by atoms with Gasteiger partial charge in [0.25, 0.3) is 0 Å². The first-order chi connectivity index (χ1) is 9.67. The molecule has 2 aromatic rings. The summed E-state index contributed by atoms with van der Waals surface area (Å²) in [4.78, 5) is 20.5. The molecule has 1 aromatic carbocycles. The average Bonchev–Trinajstić information content (AvgIpc) is 2.46. The van der Waals surface area contributed by atoms with E-state index in [-0.39, 0.29) is 0 Å². The molecule has 4 nitrogen and oxygen atoms in total. The lowest BCUT2D eigenvalue weighted by atomic mass is 10.1. The summed E-state index contributed by atoms with van der Waals surface area (Å²) in [7, 11) is 2.10. The van der Waals surface area contributed by atoms with Gasteiger partial charge in [0.1, 0.15) is 5.82 Å². The molecule has 20 heavy (non-hydrogen) atoms. The van der Waals surface area contributed by atoms with Crippen LogP contribution in [0.2, 0.25) is 5.02 Å². The van der Waals surface area contributed by atoms with Crippen LogP contribution < -0.4 is 4.90 Å². The van der Waals surface area contributed by atoms with E-state index in [2.05, 4.69) is 21.8 Å². The number of hydrogen-bond acceptors (Lipinski definition) is 4. The highest BCUT2D eigenvalue weighted by Gasteiger charge is 2.18. The number of halogens is 1. The molecule has 2 heterocycles. The summed E-state index contributed by atoms with van der Waals surface area (Å²) in [5.74, 6) is 0.780. The molecular weight excluding hydrogens is 274 g/mol. The number of rotatable bonds is 2. The average molecular weight is 290 g/mol. The van der Waals surface area contributed by atoms with E-state index in [0.29, 0.717) is 10.6 Å². The van der Waals surface area contributed by atoms with Crippen LogP contribution in [0, 0.1) is 0 Å². The van der Waals surface area contributed by atoms with E-state index in [0.717, 1.165) is 49.2 Å². The summed E-state index contributed by atoms with van der Waals surface area (Å²) >= 11 is 5.99. The minimum absolute atomic E-state index is 0.629. The fourth-order valence-corrected chi connectivity index (χ4v) is 2.69. The summed E-state index contributed by atoms with van der Waals surface area (Å²) in [6.07, 6.45) is 0.876. The summed E-state index contributed by atoms with van der Waals surface area (Å²) in [6, 6.07) is 7.43. The highest BCUT2D eigenvalue weighted by Crippen LogP contribution is 2.25. The van der Waals surface area contributed by atoms with Gasteiger partial charge in [-0.05, 0) is 31.3 Å². The number of benzene rings is 1. The molecule has 0 bridgehead atoms. The quantitative estimate of drug-likeness (QED) is 0.796. The number of carbonyl (C=O) groups is 1. The zero-order valence-electron chi connectivity index (χ0n) is 11.3. The summed E-state index contributed by atoms with van der Waals surface area (Å²) < 4.78 is 0. The molecule has 1 saturated heterocycles. The molecule has 0 N–H and O–H groups in total. The normalized spacial score (nSPS) is 16.6. The number of hydrogen-bond donors (Lipinski definition) is 0. The summed E-state index contributed by atoms with van der Waals surface area (Å²) in [6.45, 7) is 3.75. The van der Waals surface area contributed by atoms with Crippen molar-refractivity contribution in [3.05, 3.63) is 34.9 Å². The summed E-state index contributed by atoms with van der Waals surface area (Å²) in [5, 5.41) is 1.56. The van der Waals surface area contributed by atoms with Crippen LogP contribution in [0.5, 0.6) is 0 Å². The van der Waals surface area contributed by atoms with E-state index in [1.807, 2.05) is 24.3 Å². The smallest absolute Gasteiger partial charge is 0.153 e. The number of aromatic nitrogens is 1. The number of carbonyl (C=O) groups excluding carboxylic acids is 1. The van der Waals surface area contributed by atoms with Gasteiger partial charge in [0.2, 0.25) is 0 Å². The molecule has 1 aliphatic heterocycles. The van der Waals surface area contributed by atoms with Crippen molar-refractivity contribution in [2.75, 3.05) is 38.1 Å². The molecule has 1 aromatic heterocycles. The van der Waals surface area contributed by atoms with Gasteiger partial charge < -0.3 is 9.80 Å². The van der Waals surface area contributed by atoms with Crippen molar-refractivity contribution in [3.8, 4) is 0 Å². The monoisotopic (exact) mass is 289 g/mol. The van der Waals surface area contributed by atoms with Crippen LogP contribution in [0.1, 0.15) is 10.4 Å². The number of anilines is 1. The van der Waals surface area contributed by atoms with Crippen molar-refractivity contribution in [1.82, 2.24) is 9.88 Å². The lowest BCUT2D eigenvalue weighted by molar-refractivity contribution is 0.112. The molecule has 1 fully saturated rings. The second-order valence-electron chi connectivity index (χ2n) is 5.15. The number of nitrogens with zero attached hydrogens (tertiary/aromatic N) is 3. The number of fused-ring (bicyclic) bond motifs is 1. The van der Waals surface area contributed by atoms with Crippen molar-refractivity contribution >= 4 is 34.6 Å². The van der Waals surface area contributed by atoms with E-state index >= 15 is 0 Å². The van der Waals surface area contributed by atoms with Gasteiger partial charge in [-0.25, -0.2) is 4.98 Å². The van der Waals surface area contributed by atoms with Crippen molar-refractivity contribution in [1.29, 1.82) is 0 Å². The molecule has 0 radical (unpaired) electrons. The van der Waals surface area contributed by atoms with Gasteiger partial charge in [-0.2, -0.15) is 0 Å². The third-order valence-electron chi connectivity index (χ3n) is 3.71. The van der Waals surface area contributed by atoms with Crippen LogP contribution in [0.4, 0.5) is 5.82 Å². The van der Waals surface area contributed by atoms with Crippen LogP contribution in [0.25, 0.3) is 10.9 Å². The molecular formula is C15H16ClN3O. The van der Waals surface area contributed by atoms with E-state index < -0.39 is 0 Å². The molecule has 1 aliphatic rings.